The zero-order valence-corrected chi connectivity index (χ0v) is 17.1. The van der Waals surface area contributed by atoms with Crippen LogP contribution in [0.4, 0.5) is 17.1 Å². The van der Waals surface area contributed by atoms with Crippen molar-refractivity contribution in [2.45, 2.75) is 6.92 Å². The van der Waals surface area contributed by atoms with Crippen LogP contribution in [0.25, 0.3) is 12.2 Å². The van der Waals surface area contributed by atoms with Crippen LogP contribution in [0.1, 0.15) is 16.7 Å². The van der Waals surface area contributed by atoms with Gasteiger partial charge in [-0.3, -0.25) is 0 Å². The monoisotopic (exact) mass is 395 g/mol. The van der Waals surface area contributed by atoms with Crippen LogP contribution in [-0.2, 0) is 0 Å². The van der Waals surface area contributed by atoms with E-state index in [0.717, 1.165) is 33.2 Å². The highest BCUT2D eigenvalue weighted by molar-refractivity contribution is 6.30. The third kappa shape index (κ3) is 4.77. The Hall–Kier alpha value is -3.29. The molecule has 0 bridgehead atoms. The number of rotatable bonds is 5. The van der Waals surface area contributed by atoms with Gasteiger partial charge in [0.05, 0.1) is 0 Å². The third-order valence-corrected chi connectivity index (χ3v) is 5.05. The summed E-state index contributed by atoms with van der Waals surface area (Å²) < 4.78 is 0. The van der Waals surface area contributed by atoms with Crippen LogP contribution in [0.15, 0.2) is 103 Å². The molecule has 0 atom stereocenters. The molecule has 0 unspecified atom stereocenters. The summed E-state index contributed by atoms with van der Waals surface area (Å²) in [6, 6.07) is 35.5. The number of hydrogen-bond donors (Lipinski definition) is 0. The van der Waals surface area contributed by atoms with Crippen molar-refractivity contribution in [2.75, 3.05) is 4.90 Å². The van der Waals surface area contributed by atoms with Gasteiger partial charge in [0.2, 0.25) is 0 Å². The van der Waals surface area contributed by atoms with E-state index in [9.17, 15) is 0 Å². The third-order valence-electron chi connectivity index (χ3n) is 4.80. The Labute approximate surface area is 177 Å². The molecular formula is C27H22ClN. The Morgan fingerprint density at radius 2 is 1.00 bits per heavy atom. The van der Waals surface area contributed by atoms with E-state index in [-0.39, 0.29) is 0 Å². The zero-order chi connectivity index (χ0) is 20.1. The van der Waals surface area contributed by atoms with Crippen LogP contribution in [-0.4, -0.2) is 0 Å². The molecule has 1 nitrogen and oxygen atoms in total. The van der Waals surface area contributed by atoms with E-state index >= 15 is 0 Å². The molecule has 0 saturated heterocycles. The first-order valence-electron chi connectivity index (χ1n) is 9.65. The number of halogens is 1. The molecule has 0 spiro atoms. The van der Waals surface area contributed by atoms with Crippen molar-refractivity contribution in [2.24, 2.45) is 0 Å². The van der Waals surface area contributed by atoms with E-state index in [4.69, 9.17) is 11.6 Å². The Balaban J connectivity index is 1.63. The summed E-state index contributed by atoms with van der Waals surface area (Å²) in [6.07, 6.45) is 4.21. The number of para-hydroxylation sites is 1. The summed E-state index contributed by atoms with van der Waals surface area (Å²) in [5, 5.41) is 0.753. The van der Waals surface area contributed by atoms with Crippen LogP contribution in [0.2, 0.25) is 5.02 Å². The largest absolute Gasteiger partial charge is 0.311 e. The van der Waals surface area contributed by atoms with E-state index in [0.29, 0.717) is 0 Å². The number of hydrogen-bond acceptors (Lipinski definition) is 1. The Bertz CT molecular complexity index is 1080. The molecule has 0 radical (unpaired) electrons. The molecule has 4 aromatic rings. The van der Waals surface area contributed by atoms with E-state index in [2.05, 4.69) is 96.8 Å². The van der Waals surface area contributed by atoms with Gasteiger partial charge in [-0.05, 0) is 66.6 Å². The highest BCUT2D eigenvalue weighted by Gasteiger charge is 2.11. The standard InChI is InChI=1S/C27H22ClN/c1-21-7-17-26(18-8-21)29(25-5-3-2-4-6-25)27-19-13-23(14-20-27)10-9-22-11-15-24(28)16-12-22/h2-20H,1H3. The average molecular weight is 396 g/mol. The lowest BCUT2D eigenvalue weighted by molar-refractivity contribution is 1.27. The molecule has 0 fully saturated rings. The maximum absolute atomic E-state index is 5.96. The van der Waals surface area contributed by atoms with Crippen LogP contribution in [0.5, 0.6) is 0 Å². The van der Waals surface area contributed by atoms with E-state index in [1.54, 1.807) is 0 Å². The fourth-order valence-corrected chi connectivity index (χ4v) is 3.34. The van der Waals surface area contributed by atoms with Crippen molar-refractivity contribution in [3.05, 3.63) is 125 Å². The van der Waals surface area contributed by atoms with E-state index in [1.807, 2.05) is 30.3 Å². The smallest absolute Gasteiger partial charge is 0.0462 e. The molecule has 142 valence electrons. The topological polar surface area (TPSA) is 3.24 Å². The van der Waals surface area contributed by atoms with Gasteiger partial charge in [-0.2, -0.15) is 0 Å². The average Bonchev–Trinajstić information content (AvgIpc) is 2.77. The van der Waals surface area contributed by atoms with Gasteiger partial charge in [0.25, 0.3) is 0 Å². The molecule has 0 N–H and O–H groups in total. The molecule has 0 aromatic heterocycles. The van der Waals surface area contributed by atoms with Gasteiger partial charge in [-0.1, -0.05) is 83.9 Å². The van der Waals surface area contributed by atoms with Crippen LogP contribution in [0, 0.1) is 6.92 Å². The Morgan fingerprint density at radius 3 is 1.55 bits per heavy atom. The summed E-state index contributed by atoms with van der Waals surface area (Å²) in [7, 11) is 0. The van der Waals surface area contributed by atoms with Crippen LogP contribution < -0.4 is 4.90 Å². The molecule has 0 saturated carbocycles. The van der Waals surface area contributed by atoms with E-state index in [1.165, 1.54) is 5.56 Å². The minimum Gasteiger partial charge on any atom is -0.311 e. The maximum atomic E-state index is 5.96. The zero-order valence-electron chi connectivity index (χ0n) is 16.3. The van der Waals surface area contributed by atoms with Crippen LogP contribution in [0.3, 0.4) is 0 Å². The fraction of sp³-hybridized carbons (Fsp3) is 0.0370. The van der Waals surface area contributed by atoms with Gasteiger partial charge in [0, 0.05) is 22.1 Å². The molecule has 4 rings (SSSR count). The SMILES string of the molecule is Cc1ccc(N(c2ccccc2)c2ccc(C=Cc3ccc(Cl)cc3)cc2)cc1. The van der Waals surface area contributed by atoms with Crippen molar-refractivity contribution >= 4 is 40.8 Å². The molecule has 29 heavy (non-hydrogen) atoms. The summed E-state index contributed by atoms with van der Waals surface area (Å²) in [5.74, 6) is 0. The molecule has 0 heterocycles. The second-order valence-corrected chi connectivity index (χ2v) is 7.42. The number of nitrogens with zero attached hydrogens (tertiary/aromatic N) is 1. The molecule has 0 aliphatic heterocycles. The van der Waals surface area contributed by atoms with Gasteiger partial charge in [-0.15, -0.1) is 0 Å². The lowest BCUT2D eigenvalue weighted by Crippen LogP contribution is -2.09. The predicted octanol–water partition coefficient (Wildman–Crippen LogP) is 8.29. The lowest BCUT2D eigenvalue weighted by atomic mass is 10.1. The summed E-state index contributed by atoms with van der Waals surface area (Å²) >= 11 is 5.96. The first kappa shape index (κ1) is 19.0. The molecule has 0 amide bonds. The second-order valence-electron chi connectivity index (χ2n) is 6.98. The molecule has 2 heteroatoms. The fourth-order valence-electron chi connectivity index (χ4n) is 3.22. The second kappa shape index (κ2) is 8.81. The normalized spacial score (nSPS) is 11.0. The molecule has 0 aliphatic carbocycles. The number of anilines is 3. The summed E-state index contributed by atoms with van der Waals surface area (Å²) in [5.41, 5.74) is 6.95. The summed E-state index contributed by atoms with van der Waals surface area (Å²) in [4.78, 5) is 2.27. The van der Waals surface area contributed by atoms with Crippen molar-refractivity contribution in [3.63, 3.8) is 0 Å². The molecular weight excluding hydrogens is 374 g/mol. The lowest BCUT2D eigenvalue weighted by Gasteiger charge is -2.25. The maximum Gasteiger partial charge on any atom is 0.0462 e. The first-order valence-corrected chi connectivity index (χ1v) is 10.0. The van der Waals surface area contributed by atoms with Gasteiger partial charge in [0.1, 0.15) is 0 Å². The highest BCUT2D eigenvalue weighted by atomic mass is 35.5. The highest BCUT2D eigenvalue weighted by Crippen LogP contribution is 2.34. The van der Waals surface area contributed by atoms with Gasteiger partial charge < -0.3 is 4.90 Å². The predicted molar refractivity (Wildman–Crippen MR) is 126 cm³/mol. The Kier molecular flexibility index (Phi) is 5.79. The minimum absolute atomic E-state index is 0.753. The quantitative estimate of drug-likeness (QED) is 0.307. The van der Waals surface area contributed by atoms with Crippen molar-refractivity contribution < 1.29 is 0 Å². The number of benzene rings is 4. The summed E-state index contributed by atoms with van der Waals surface area (Å²) in [6.45, 7) is 2.11. The van der Waals surface area contributed by atoms with Gasteiger partial charge in [0.15, 0.2) is 0 Å². The first-order chi connectivity index (χ1) is 14.2. The van der Waals surface area contributed by atoms with E-state index < -0.39 is 0 Å². The van der Waals surface area contributed by atoms with Crippen LogP contribution >= 0.6 is 11.6 Å². The van der Waals surface area contributed by atoms with Crippen molar-refractivity contribution in [1.82, 2.24) is 0 Å². The van der Waals surface area contributed by atoms with Crippen molar-refractivity contribution in [3.8, 4) is 0 Å². The Morgan fingerprint density at radius 1 is 0.552 bits per heavy atom. The minimum atomic E-state index is 0.753. The van der Waals surface area contributed by atoms with Gasteiger partial charge in [-0.25, -0.2) is 0 Å². The van der Waals surface area contributed by atoms with Crippen molar-refractivity contribution in [1.29, 1.82) is 0 Å². The molecule has 4 aromatic carbocycles. The number of aryl methyl sites for hydroxylation is 1. The molecule has 0 aliphatic rings. The van der Waals surface area contributed by atoms with Gasteiger partial charge >= 0.3 is 0 Å².